The molecule has 1 aromatic heterocycles. The molecule has 0 N–H and O–H groups in total. The van der Waals surface area contributed by atoms with Crippen molar-refractivity contribution in [3.8, 4) is 5.75 Å². The van der Waals surface area contributed by atoms with E-state index in [0.717, 1.165) is 24.0 Å². The maximum atomic E-state index is 11.0. The van der Waals surface area contributed by atoms with E-state index in [2.05, 4.69) is 6.07 Å². The van der Waals surface area contributed by atoms with Crippen LogP contribution in [-0.2, 0) is 0 Å². The highest BCUT2D eigenvalue weighted by molar-refractivity contribution is 5.72. The van der Waals surface area contributed by atoms with Crippen LogP contribution in [0, 0.1) is 0 Å². The van der Waals surface area contributed by atoms with E-state index in [1.807, 2.05) is 41.1 Å². The summed E-state index contributed by atoms with van der Waals surface area (Å²) in [7, 11) is 0. The van der Waals surface area contributed by atoms with Gasteiger partial charge in [0.2, 0.25) is 0 Å². The molecule has 1 aromatic carbocycles. The third-order valence-electron chi connectivity index (χ3n) is 3.20. The van der Waals surface area contributed by atoms with Crippen molar-refractivity contribution in [1.82, 2.24) is 4.57 Å². The Morgan fingerprint density at radius 1 is 1.24 bits per heavy atom. The highest BCUT2D eigenvalue weighted by Gasteiger charge is 2.23. The lowest BCUT2D eigenvalue weighted by atomic mass is 10.0. The molecule has 3 rings (SSSR count). The summed E-state index contributed by atoms with van der Waals surface area (Å²) in [5.41, 5.74) is 1.87. The van der Waals surface area contributed by atoms with Crippen molar-refractivity contribution in [1.29, 1.82) is 0 Å². The molecule has 0 saturated carbocycles. The van der Waals surface area contributed by atoms with Crippen LogP contribution in [0.2, 0.25) is 0 Å². The minimum Gasteiger partial charge on any atom is -0.493 e. The number of ether oxygens (including phenoxy) is 1. The van der Waals surface area contributed by atoms with Crippen molar-refractivity contribution in [2.75, 3.05) is 6.61 Å². The topological polar surface area (TPSA) is 31.2 Å². The van der Waals surface area contributed by atoms with E-state index in [-0.39, 0.29) is 6.04 Å². The van der Waals surface area contributed by atoms with Gasteiger partial charge in [-0.15, -0.1) is 0 Å². The van der Waals surface area contributed by atoms with E-state index in [0.29, 0.717) is 12.3 Å². The predicted molar refractivity (Wildman–Crippen MR) is 64.5 cm³/mol. The third-order valence-corrected chi connectivity index (χ3v) is 3.20. The largest absolute Gasteiger partial charge is 0.493 e. The van der Waals surface area contributed by atoms with Crippen molar-refractivity contribution >= 4 is 6.29 Å². The Morgan fingerprint density at radius 2 is 2.12 bits per heavy atom. The molecule has 3 nitrogen and oxygen atoms in total. The summed E-state index contributed by atoms with van der Waals surface area (Å²) in [6, 6.07) is 12.0. The summed E-state index contributed by atoms with van der Waals surface area (Å²) in [6.45, 7) is 0.693. The molecule has 1 aliphatic heterocycles. The zero-order valence-electron chi connectivity index (χ0n) is 9.37. The summed E-state index contributed by atoms with van der Waals surface area (Å²) in [5.74, 6) is 0.925. The second-order valence-corrected chi connectivity index (χ2v) is 4.15. The first-order chi connectivity index (χ1) is 8.40. The first-order valence-corrected chi connectivity index (χ1v) is 5.74. The molecule has 86 valence electrons. The molecule has 0 bridgehead atoms. The van der Waals surface area contributed by atoms with Crippen molar-refractivity contribution in [2.24, 2.45) is 0 Å². The second-order valence-electron chi connectivity index (χ2n) is 4.15. The number of benzene rings is 1. The van der Waals surface area contributed by atoms with Crippen molar-refractivity contribution in [2.45, 2.75) is 12.5 Å². The minimum absolute atomic E-state index is 0.204. The lowest BCUT2D eigenvalue weighted by molar-refractivity contribution is 0.111. The van der Waals surface area contributed by atoms with Crippen LogP contribution in [0.4, 0.5) is 0 Å². The first-order valence-electron chi connectivity index (χ1n) is 5.74. The van der Waals surface area contributed by atoms with Gasteiger partial charge in [-0.1, -0.05) is 18.2 Å². The average molecular weight is 227 g/mol. The van der Waals surface area contributed by atoms with Crippen molar-refractivity contribution < 1.29 is 9.53 Å². The van der Waals surface area contributed by atoms with E-state index in [9.17, 15) is 4.79 Å². The highest BCUT2D eigenvalue weighted by Crippen LogP contribution is 2.34. The molecule has 1 atom stereocenters. The van der Waals surface area contributed by atoms with Gasteiger partial charge in [-0.2, -0.15) is 0 Å². The molecule has 1 aliphatic rings. The summed E-state index contributed by atoms with van der Waals surface area (Å²) in [6.07, 6.45) is 3.75. The van der Waals surface area contributed by atoms with Crippen LogP contribution < -0.4 is 4.74 Å². The van der Waals surface area contributed by atoms with Gasteiger partial charge in [0.25, 0.3) is 0 Å². The fraction of sp³-hybridized carbons (Fsp3) is 0.214. The molecule has 0 aliphatic carbocycles. The zero-order valence-corrected chi connectivity index (χ0v) is 9.37. The van der Waals surface area contributed by atoms with Crippen LogP contribution in [0.5, 0.6) is 5.75 Å². The van der Waals surface area contributed by atoms with E-state index in [1.165, 1.54) is 0 Å². The Balaban J connectivity index is 2.09. The molecule has 0 amide bonds. The Labute approximate surface area is 99.6 Å². The summed E-state index contributed by atoms with van der Waals surface area (Å²) >= 11 is 0. The number of hydrogen-bond acceptors (Lipinski definition) is 2. The molecule has 0 saturated heterocycles. The number of carbonyl (C=O) groups is 1. The van der Waals surface area contributed by atoms with Gasteiger partial charge in [-0.05, 0) is 18.2 Å². The minimum atomic E-state index is 0.204. The molecule has 17 heavy (non-hydrogen) atoms. The molecule has 2 aromatic rings. The summed E-state index contributed by atoms with van der Waals surface area (Å²) < 4.78 is 7.65. The molecule has 3 heteroatoms. The predicted octanol–water partition coefficient (Wildman–Crippen LogP) is 2.67. The van der Waals surface area contributed by atoms with Gasteiger partial charge in [-0.25, -0.2) is 0 Å². The third kappa shape index (κ3) is 1.64. The van der Waals surface area contributed by atoms with E-state index >= 15 is 0 Å². The molecule has 1 unspecified atom stereocenters. The SMILES string of the molecule is O=Cc1cccn1C1CCOc2ccccc21. The van der Waals surface area contributed by atoms with Gasteiger partial charge in [0, 0.05) is 18.2 Å². The number of hydrogen-bond donors (Lipinski definition) is 0. The zero-order chi connectivity index (χ0) is 11.7. The van der Waals surface area contributed by atoms with Gasteiger partial charge in [0.05, 0.1) is 18.3 Å². The van der Waals surface area contributed by atoms with Crippen LogP contribution in [0.25, 0.3) is 0 Å². The molecule has 0 spiro atoms. The van der Waals surface area contributed by atoms with Crippen LogP contribution in [0.1, 0.15) is 28.5 Å². The van der Waals surface area contributed by atoms with Gasteiger partial charge >= 0.3 is 0 Å². The van der Waals surface area contributed by atoms with Gasteiger partial charge in [0.1, 0.15) is 5.75 Å². The number of nitrogens with zero attached hydrogens (tertiary/aromatic N) is 1. The second kappa shape index (κ2) is 4.09. The van der Waals surface area contributed by atoms with Gasteiger partial charge in [-0.3, -0.25) is 4.79 Å². The van der Waals surface area contributed by atoms with Crippen LogP contribution >= 0.6 is 0 Å². The number of carbonyl (C=O) groups excluding carboxylic acids is 1. The van der Waals surface area contributed by atoms with Gasteiger partial charge < -0.3 is 9.30 Å². The normalized spacial score (nSPS) is 18.2. The fourth-order valence-corrected chi connectivity index (χ4v) is 2.40. The van der Waals surface area contributed by atoms with Gasteiger partial charge in [0.15, 0.2) is 6.29 Å². The Bertz CT molecular complexity index is 545. The van der Waals surface area contributed by atoms with E-state index in [1.54, 1.807) is 0 Å². The summed E-state index contributed by atoms with van der Waals surface area (Å²) in [5, 5.41) is 0. The van der Waals surface area contributed by atoms with Crippen molar-refractivity contribution in [3.63, 3.8) is 0 Å². The lowest BCUT2D eigenvalue weighted by Crippen LogP contribution is -2.20. The molecular formula is C14H13NO2. The smallest absolute Gasteiger partial charge is 0.166 e. The molecular weight excluding hydrogens is 214 g/mol. The number of aldehydes is 1. The number of rotatable bonds is 2. The van der Waals surface area contributed by atoms with Crippen LogP contribution in [0.15, 0.2) is 42.6 Å². The highest BCUT2D eigenvalue weighted by atomic mass is 16.5. The maximum Gasteiger partial charge on any atom is 0.166 e. The standard InChI is InChI=1S/C14H13NO2/c16-10-11-4-3-8-15(11)13-7-9-17-14-6-2-1-5-12(13)14/h1-6,8,10,13H,7,9H2. The van der Waals surface area contributed by atoms with E-state index in [4.69, 9.17) is 4.74 Å². The van der Waals surface area contributed by atoms with Crippen LogP contribution in [-0.4, -0.2) is 17.5 Å². The van der Waals surface area contributed by atoms with E-state index < -0.39 is 0 Å². The quantitative estimate of drug-likeness (QED) is 0.738. The molecule has 2 heterocycles. The summed E-state index contributed by atoms with van der Waals surface area (Å²) in [4.78, 5) is 11.0. The maximum absolute atomic E-state index is 11.0. The Hall–Kier alpha value is -2.03. The van der Waals surface area contributed by atoms with Crippen molar-refractivity contribution in [3.05, 3.63) is 53.9 Å². The molecule has 0 radical (unpaired) electrons. The first kappa shape index (κ1) is 10.1. The fourth-order valence-electron chi connectivity index (χ4n) is 2.40. The number of aromatic nitrogens is 1. The Kier molecular flexibility index (Phi) is 2.44. The Morgan fingerprint density at radius 3 is 3.00 bits per heavy atom. The van der Waals surface area contributed by atoms with Crippen LogP contribution in [0.3, 0.4) is 0 Å². The molecule has 0 fully saturated rings. The number of para-hydroxylation sites is 1. The monoisotopic (exact) mass is 227 g/mol. The number of fused-ring (bicyclic) bond motifs is 1. The lowest BCUT2D eigenvalue weighted by Gasteiger charge is -2.27. The average Bonchev–Trinajstić information content (AvgIpc) is 2.86.